The predicted molar refractivity (Wildman–Crippen MR) is 103 cm³/mol. The quantitative estimate of drug-likeness (QED) is 0.706. The number of hydrogen-bond donors (Lipinski definition) is 1. The number of carboxylic acid groups (broad SMARTS) is 1. The Bertz CT molecular complexity index is 1070. The Balaban J connectivity index is 2.07. The standard InChI is InChI=1S/C20H16N2O4S/c1-11-18(20(23)24)27-19(22-11)13-4-6-15(14(8-13)10-21)12-5-7-16(25-2)17(9-12)26-3/h4-9H,1-3H3,(H,23,24). The topological polar surface area (TPSA) is 92.4 Å². The first kappa shape index (κ1) is 18.4. The molecule has 0 amide bonds. The molecule has 0 bridgehead atoms. The van der Waals surface area contributed by atoms with Gasteiger partial charge in [0.25, 0.3) is 0 Å². The minimum atomic E-state index is -1.00. The zero-order valence-electron chi connectivity index (χ0n) is 14.9. The van der Waals surface area contributed by atoms with Crippen LogP contribution < -0.4 is 9.47 Å². The number of thiazole rings is 1. The van der Waals surface area contributed by atoms with Crippen molar-refractivity contribution in [1.82, 2.24) is 4.98 Å². The number of nitriles is 1. The maximum atomic E-state index is 11.2. The molecule has 3 rings (SSSR count). The smallest absolute Gasteiger partial charge is 0.347 e. The molecule has 2 aromatic carbocycles. The van der Waals surface area contributed by atoms with Crippen molar-refractivity contribution < 1.29 is 19.4 Å². The summed E-state index contributed by atoms with van der Waals surface area (Å²) in [5.74, 6) is 0.180. The lowest BCUT2D eigenvalue weighted by atomic mass is 9.98. The van der Waals surface area contributed by atoms with E-state index in [4.69, 9.17) is 9.47 Å². The second kappa shape index (κ2) is 7.48. The third-order valence-corrected chi connectivity index (χ3v) is 5.27. The Kier molecular flexibility index (Phi) is 5.10. The molecule has 0 radical (unpaired) electrons. The number of aromatic nitrogens is 1. The molecule has 0 aliphatic rings. The molecule has 7 heteroatoms. The molecule has 3 aromatic rings. The number of rotatable bonds is 5. The SMILES string of the molecule is COc1ccc(-c2ccc(-c3nc(C)c(C(=O)O)s3)cc2C#N)cc1OC. The van der Waals surface area contributed by atoms with Crippen LogP contribution in [0.5, 0.6) is 11.5 Å². The van der Waals surface area contributed by atoms with Gasteiger partial charge in [-0.05, 0) is 36.2 Å². The van der Waals surface area contributed by atoms with Crippen molar-refractivity contribution in [2.24, 2.45) is 0 Å². The van der Waals surface area contributed by atoms with Gasteiger partial charge in [-0.15, -0.1) is 11.3 Å². The van der Waals surface area contributed by atoms with Crippen LogP contribution in [0.3, 0.4) is 0 Å². The molecule has 0 atom stereocenters. The minimum Gasteiger partial charge on any atom is -0.493 e. The molecule has 0 aliphatic carbocycles. The summed E-state index contributed by atoms with van der Waals surface area (Å²) in [6, 6.07) is 13.0. The number of aryl methyl sites for hydroxylation is 1. The number of carboxylic acids is 1. The van der Waals surface area contributed by atoms with Crippen LogP contribution in [0.25, 0.3) is 21.7 Å². The lowest BCUT2D eigenvalue weighted by Crippen LogP contribution is -1.94. The van der Waals surface area contributed by atoms with Crippen LogP contribution in [0.1, 0.15) is 20.9 Å². The summed E-state index contributed by atoms with van der Waals surface area (Å²) in [7, 11) is 3.12. The first-order valence-corrected chi connectivity index (χ1v) is 8.77. The molecule has 1 aromatic heterocycles. The second-order valence-electron chi connectivity index (χ2n) is 5.68. The highest BCUT2D eigenvalue weighted by atomic mass is 32.1. The average Bonchev–Trinajstić information content (AvgIpc) is 3.08. The van der Waals surface area contributed by atoms with E-state index in [9.17, 15) is 15.2 Å². The Hall–Kier alpha value is -3.37. The minimum absolute atomic E-state index is 0.201. The largest absolute Gasteiger partial charge is 0.493 e. The van der Waals surface area contributed by atoms with Gasteiger partial charge >= 0.3 is 5.97 Å². The van der Waals surface area contributed by atoms with Crippen LogP contribution in [0.4, 0.5) is 0 Å². The van der Waals surface area contributed by atoms with Gasteiger partial charge in [0.2, 0.25) is 0 Å². The van der Waals surface area contributed by atoms with Crippen LogP contribution in [-0.2, 0) is 0 Å². The number of carbonyl (C=O) groups is 1. The number of methoxy groups -OCH3 is 2. The molecule has 0 unspecified atom stereocenters. The van der Waals surface area contributed by atoms with Crippen LogP contribution in [0.2, 0.25) is 0 Å². The molecule has 0 saturated heterocycles. The number of benzene rings is 2. The summed E-state index contributed by atoms with van der Waals surface area (Å²) in [4.78, 5) is 15.8. The summed E-state index contributed by atoms with van der Waals surface area (Å²) in [6.07, 6.45) is 0. The van der Waals surface area contributed by atoms with Crippen molar-refractivity contribution in [1.29, 1.82) is 5.26 Å². The van der Waals surface area contributed by atoms with E-state index >= 15 is 0 Å². The molecular formula is C20H16N2O4S. The van der Waals surface area contributed by atoms with Crippen LogP contribution in [-0.4, -0.2) is 30.3 Å². The molecule has 6 nitrogen and oxygen atoms in total. The third kappa shape index (κ3) is 3.48. The fraction of sp³-hybridized carbons (Fsp3) is 0.150. The van der Waals surface area contributed by atoms with Gasteiger partial charge in [-0.25, -0.2) is 9.78 Å². The van der Waals surface area contributed by atoms with Gasteiger partial charge in [-0.1, -0.05) is 18.2 Å². The van der Waals surface area contributed by atoms with E-state index < -0.39 is 5.97 Å². The molecule has 0 saturated carbocycles. The average molecular weight is 380 g/mol. The van der Waals surface area contributed by atoms with Gasteiger partial charge in [0.05, 0.1) is 31.5 Å². The number of hydrogen-bond acceptors (Lipinski definition) is 6. The lowest BCUT2D eigenvalue weighted by Gasteiger charge is -2.11. The van der Waals surface area contributed by atoms with Gasteiger partial charge in [0.1, 0.15) is 9.88 Å². The summed E-state index contributed by atoms with van der Waals surface area (Å²) in [5, 5.41) is 19.4. The van der Waals surface area contributed by atoms with Crippen LogP contribution in [0.15, 0.2) is 36.4 Å². The van der Waals surface area contributed by atoms with Gasteiger partial charge in [0.15, 0.2) is 11.5 Å². The summed E-state index contributed by atoms with van der Waals surface area (Å²) in [5.41, 5.74) is 3.19. The van der Waals surface area contributed by atoms with E-state index in [1.165, 1.54) is 0 Å². The molecule has 1 N–H and O–H groups in total. The van der Waals surface area contributed by atoms with Crippen molar-refractivity contribution in [3.63, 3.8) is 0 Å². The highest BCUT2D eigenvalue weighted by molar-refractivity contribution is 7.17. The van der Waals surface area contributed by atoms with Crippen molar-refractivity contribution in [2.45, 2.75) is 6.92 Å². The normalized spacial score (nSPS) is 10.3. The first-order chi connectivity index (χ1) is 13.0. The van der Waals surface area contributed by atoms with E-state index in [-0.39, 0.29) is 4.88 Å². The van der Waals surface area contributed by atoms with Crippen LogP contribution >= 0.6 is 11.3 Å². The summed E-state index contributed by atoms with van der Waals surface area (Å²) >= 11 is 1.10. The third-order valence-electron chi connectivity index (χ3n) is 4.07. The zero-order chi connectivity index (χ0) is 19.6. The Morgan fingerprint density at radius 2 is 1.81 bits per heavy atom. The van der Waals surface area contributed by atoms with Crippen LogP contribution in [0, 0.1) is 18.3 Å². The van der Waals surface area contributed by atoms with Crippen molar-refractivity contribution >= 4 is 17.3 Å². The van der Waals surface area contributed by atoms with Gasteiger partial charge in [-0.3, -0.25) is 0 Å². The van der Waals surface area contributed by atoms with Crippen molar-refractivity contribution in [2.75, 3.05) is 14.2 Å². The fourth-order valence-corrected chi connectivity index (χ4v) is 3.64. The van der Waals surface area contributed by atoms with E-state index in [0.717, 1.165) is 22.5 Å². The molecular weight excluding hydrogens is 364 g/mol. The second-order valence-corrected chi connectivity index (χ2v) is 6.68. The van der Waals surface area contributed by atoms with Crippen molar-refractivity contribution in [3.05, 3.63) is 52.5 Å². The fourth-order valence-electron chi connectivity index (χ4n) is 2.74. The maximum Gasteiger partial charge on any atom is 0.347 e. The number of ether oxygens (including phenoxy) is 2. The van der Waals surface area contributed by atoms with E-state index in [1.807, 2.05) is 24.3 Å². The summed E-state index contributed by atoms with van der Waals surface area (Å²) < 4.78 is 10.6. The van der Waals surface area contributed by atoms with Gasteiger partial charge < -0.3 is 14.6 Å². The lowest BCUT2D eigenvalue weighted by molar-refractivity contribution is 0.0701. The number of aromatic carboxylic acids is 1. The monoisotopic (exact) mass is 380 g/mol. The van der Waals surface area contributed by atoms with E-state index in [2.05, 4.69) is 11.1 Å². The highest BCUT2D eigenvalue weighted by Crippen LogP contribution is 2.36. The van der Waals surface area contributed by atoms with Gasteiger partial charge in [-0.2, -0.15) is 5.26 Å². The van der Waals surface area contributed by atoms with Crippen molar-refractivity contribution in [3.8, 4) is 39.3 Å². The van der Waals surface area contributed by atoms with E-state index in [0.29, 0.717) is 33.3 Å². The predicted octanol–water partition coefficient (Wildman–Crippen LogP) is 4.37. The molecule has 136 valence electrons. The highest BCUT2D eigenvalue weighted by Gasteiger charge is 2.17. The molecule has 0 fully saturated rings. The van der Waals surface area contributed by atoms with Gasteiger partial charge in [0, 0.05) is 5.56 Å². The maximum absolute atomic E-state index is 11.2. The molecule has 27 heavy (non-hydrogen) atoms. The Morgan fingerprint density at radius 1 is 1.11 bits per heavy atom. The number of nitrogens with zero attached hydrogens (tertiary/aromatic N) is 2. The van der Waals surface area contributed by atoms with E-state index in [1.54, 1.807) is 33.3 Å². The Labute approximate surface area is 160 Å². The zero-order valence-corrected chi connectivity index (χ0v) is 15.8. The molecule has 0 aliphatic heterocycles. The Morgan fingerprint density at radius 3 is 2.41 bits per heavy atom. The summed E-state index contributed by atoms with van der Waals surface area (Å²) in [6.45, 7) is 1.66. The molecule has 1 heterocycles. The first-order valence-electron chi connectivity index (χ1n) is 7.96. The molecule has 0 spiro atoms.